The van der Waals surface area contributed by atoms with Gasteiger partial charge in [-0.15, -0.1) is 11.3 Å². The molecule has 2 rings (SSSR count). The number of aromatic nitrogens is 1. The molecule has 26 heavy (non-hydrogen) atoms. The van der Waals surface area contributed by atoms with Crippen LogP contribution in [0.1, 0.15) is 22.7 Å². The molecule has 0 spiro atoms. The van der Waals surface area contributed by atoms with Gasteiger partial charge in [-0.3, -0.25) is 4.79 Å². The van der Waals surface area contributed by atoms with E-state index in [9.17, 15) is 4.79 Å². The normalized spacial score (nSPS) is 10.7. The molecule has 0 saturated heterocycles. The lowest BCUT2D eigenvalue weighted by Gasteiger charge is -2.05. The second-order valence-corrected chi connectivity index (χ2v) is 6.76. The van der Waals surface area contributed by atoms with Gasteiger partial charge in [0.25, 0.3) is 0 Å². The molecule has 2 aromatic rings. The van der Waals surface area contributed by atoms with Crippen LogP contribution in [0.4, 0.5) is 0 Å². The van der Waals surface area contributed by atoms with Crippen LogP contribution in [0.2, 0.25) is 0 Å². The molecule has 1 heterocycles. The highest BCUT2D eigenvalue weighted by Gasteiger charge is 2.08. The molecule has 0 fully saturated rings. The van der Waals surface area contributed by atoms with Crippen molar-refractivity contribution in [1.29, 1.82) is 0 Å². The number of ether oxygens (including phenoxy) is 3. The van der Waals surface area contributed by atoms with Crippen LogP contribution in [0.5, 0.6) is 5.75 Å². The van der Waals surface area contributed by atoms with Gasteiger partial charge in [0.05, 0.1) is 25.3 Å². The first-order valence-corrected chi connectivity index (χ1v) is 9.51. The fraction of sp³-hybridized carbons (Fsp3) is 0.474. The number of nitrogens with zero attached hydrogens (tertiary/aromatic N) is 1. The minimum absolute atomic E-state index is 0.0294. The third-order valence-corrected chi connectivity index (χ3v) is 4.41. The van der Waals surface area contributed by atoms with E-state index in [1.54, 1.807) is 7.11 Å². The molecular weight excluding hydrogens is 352 g/mol. The maximum atomic E-state index is 11.9. The quantitative estimate of drug-likeness (QED) is 0.575. The summed E-state index contributed by atoms with van der Waals surface area (Å²) < 4.78 is 15.9. The Bertz CT molecular complexity index is 658. The molecule has 0 radical (unpaired) electrons. The molecule has 0 aliphatic rings. The van der Waals surface area contributed by atoms with Gasteiger partial charge in [-0.2, -0.15) is 0 Å². The van der Waals surface area contributed by atoms with E-state index in [4.69, 9.17) is 14.2 Å². The average molecular weight is 378 g/mol. The lowest BCUT2D eigenvalue weighted by atomic mass is 10.2. The number of methoxy groups -OCH3 is 1. The van der Waals surface area contributed by atoms with Crippen molar-refractivity contribution in [3.05, 3.63) is 45.9 Å². The zero-order chi connectivity index (χ0) is 18.6. The molecule has 0 aliphatic carbocycles. The number of benzene rings is 1. The SMILES string of the molecule is COCCOCCCNC(=O)Cc1csc(COc2ccc(C)cc2)n1. The lowest BCUT2D eigenvalue weighted by Crippen LogP contribution is -2.27. The van der Waals surface area contributed by atoms with E-state index in [2.05, 4.69) is 10.3 Å². The fourth-order valence-electron chi connectivity index (χ4n) is 2.15. The van der Waals surface area contributed by atoms with E-state index in [-0.39, 0.29) is 12.3 Å². The maximum Gasteiger partial charge on any atom is 0.226 e. The van der Waals surface area contributed by atoms with Crippen LogP contribution in [0.15, 0.2) is 29.6 Å². The summed E-state index contributed by atoms with van der Waals surface area (Å²) in [5, 5.41) is 5.64. The molecule has 0 bridgehead atoms. The minimum atomic E-state index is -0.0294. The summed E-state index contributed by atoms with van der Waals surface area (Å²) >= 11 is 1.51. The van der Waals surface area contributed by atoms with Crippen molar-refractivity contribution in [3.63, 3.8) is 0 Å². The molecular formula is C19H26N2O4S. The minimum Gasteiger partial charge on any atom is -0.486 e. The van der Waals surface area contributed by atoms with Gasteiger partial charge in [0.1, 0.15) is 17.4 Å². The predicted molar refractivity (Wildman–Crippen MR) is 102 cm³/mol. The van der Waals surface area contributed by atoms with Gasteiger partial charge in [0.2, 0.25) is 5.91 Å². The average Bonchev–Trinajstić information content (AvgIpc) is 3.08. The first kappa shape index (κ1) is 20.4. The van der Waals surface area contributed by atoms with E-state index in [1.807, 2.05) is 36.6 Å². The zero-order valence-corrected chi connectivity index (χ0v) is 16.1. The van der Waals surface area contributed by atoms with E-state index in [0.29, 0.717) is 33.0 Å². The number of amides is 1. The van der Waals surface area contributed by atoms with Crippen LogP contribution in [-0.4, -0.2) is 44.4 Å². The number of hydrogen-bond acceptors (Lipinski definition) is 6. The van der Waals surface area contributed by atoms with Gasteiger partial charge < -0.3 is 19.5 Å². The summed E-state index contributed by atoms with van der Waals surface area (Å²) in [7, 11) is 1.64. The molecule has 6 nitrogen and oxygen atoms in total. The van der Waals surface area contributed by atoms with Gasteiger partial charge in [0, 0.05) is 25.6 Å². The smallest absolute Gasteiger partial charge is 0.226 e. The Morgan fingerprint density at radius 3 is 2.77 bits per heavy atom. The molecule has 142 valence electrons. The molecule has 0 saturated carbocycles. The third-order valence-electron chi connectivity index (χ3n) is 3.54. The number of carbonyl (C=O) groups is 1. The molecule has 0 aliphatic heterocycles. The zero-order valence-electron chi connectivity index (χ0n) is 15.3. The van der Waals surface area contributed by atoms with Gasteiger partial charge in [0.15, 0.2) is 0 Å². The molecule has 1 amide bonds. The first-order chi connectivity index (χ1) is 12.7. The van der Waals surface area contributed by atoms with Crippen molar-refractivity contribution in [2.75, 3.05) is 33.5 Å². The van der Waals surface area contributed by atoms with E-state index in [0.717, 1.165) is 22.9 Å². The Hall–Kier alpha value is -1.96. The summed E-state index contributed by atoms with van der Waals surface area (Å²) in [6.07, 6.45) is 1.06. The largest absolute Gasteiger partial charge is 0.486 e. The Morgan fingerprint density at radius 1 is 1.19 bits per heavy atom. The van der Waals surface area contributed by atoms with Gasteiger partial charge in [-0.25, -0.2) is 4.98 Å². The number of rotatable bonds is 12. The van der Waals surface area contributed by atoms with Gasteiger partial charge >= 0.3 is 0 Å². The van der Waals surface area contributed by atoms with Crippen LogP contribution < -0.4 is 10.1 Å². The Kier molecular flexibility index (Phi) is 9.09. The van der Waals surface area contributed by atoms with Gasteiger partial charge in [-0.1, -0.05) is 17.7 Å². The summed E-state index contributed by atoms with van der Waals surface area (Å²) in [5.41, 5.74) is 1.97. The van der Waals surface area contributed by atoms with E-state index in [1.165, 1.54) is 16.9 Å². The van der Waals surface area contributed by atoms with Crippen LogP contribution in [0, 0.1) is 6.92 Å². The molecule has 1 N–H and O–H groups in total. The number of thiazole rings is 1. The van der Waals surface area contributed by atoms with Crippen molar-refractivity contribution in [2.24, 2.45) is 0 Å². The second kappa shape index (κ2) is 11.6. The fourth-order valence-corrected chi connectivity index (χ4v) is 2.85. The van der Waals surface area contributed by atoms with Gasteiger partial charge in [-0.05, 0) is 25.5 Å². The van der Waals surface area contributed by atoms with Crippen molar-refractivity contribution in [2.45, 2.75) is 26.4 Å². The number of hydrogen-bond donors (Lipinski definition) is 1. The highest BCUT2D eigenvalue weighted by Crippen LogP contribution is 2.16. The Balaban J connectivity index is 1.62. The summed E-state index contributed by atoms with van der Waals surface area (Å²) in [6, 6.07) is 7.90. The maximum absolute atomic E-state index is 11.9. The van der Waals surface area contributed by atoms with E-state index < -0.39 is 0 Å². The highest BCUT2D eigenvalue weighted by molar-refractivity contribution is 7.09. The second-order valence-electron chi connectivity index (χ2n) is 5.82. The summed E-state index contributed by atoms with van der Waals surface area (Å²) in [5.74, 6) is 0.788. The summed E-state index contributed by atoms with van der Waals surface area (Å²) in [4.78, 5) is 16.4. The van der Waals surface area contributed by atoms with Crippen molar-refractivity contribution < 1.29 is 19.0 Å². The topological polar surface area (TPSA) is 69.7 Å². The summed E-state index contributed by atoms with van der Waals surface area (Å²) in [6.45, 7) is 4.83. The van der Waals surface area contributed by atoms with Crippen molar-refractivity contribution in [1.82, 2.24) is 10.3 Å². The monoisotopic (exact) mass is 378 g/mol. The lowest BCUT2D eigenvalue weighted by molar-refractivity contribution is -0.120. The Labute approximate surface area is 158 Å². The van der Waals surface area contributed by atoms with E-state index >= 15 is 0 Å². The van der Waals surface area contributed by atoms with Crippen molar-refractivity contribution >= 4 is 17.2 Å². The molecule has 1 aromatic heterocycles. The molecule has 7 heteroatoms. The number of nitrogens with one attached hydrogen (secondary N) is 1. The first-order valence-electron chi connectivity index (χ1n) is 8.63. The molecule has 1 aromatic carbocycles. The van der Waals surface area contributed by atoms with Crippen LogP contribution in [0.3, 0.4) is 0 Å². The Morgan fingerprint density at radius 2 is 2.00 bits per heavy atom. The third kappa shape index (κ3) is 7.95. The highest BCUT2D eigenvalue weighted by atomic mass is 32.1. The van der Waals surface area contributed by atoms with Crippen molar-refractivity contribution in [3.8, 4) is 5.75 Å². The number of carbonyl (C=O) groups excluding carboxylic acids is 1. The van der Waals surface area contributed by atoms with Crippen LogP contribution in [-0.2, 0) is 27.3 Å². The predicted octanol–water partition coefficient (Wildman–Crippen LogP) is 2.74. The van der Waals surface area contributed by atoms with Crippen LogP contribution in [0.25, 0.3) is 0 Å². The standard InChI is InChI=1S/C19H26N2O4S/c1-15-4-6-17(7-5-15)25-13-19-21-16(14-26-19)12-18(22)20-8-3-9-24-11-10-23-2/h4-7,14H,3,8-13H2,1-2H3,(H,20,22). The molecule has 0 unspecified atom stereocenters. The number of aryl methyl sites for hydroxylation is 1. The van der Waals surface area contributed by atoms with Crippen LogP contribution >= 0.6 is 11.3 Å². The molecule has 0 atom stereocenters.